The molecular formula is C27H20ClN3O4S. The molecule has 0 unspecified atom stereocenters. The lowest BCUT2D eigenvalue weighted by atomic mass is 10.1. The van der Waals surface area contributed by atoms with Gasteiger partial charge in [0.15, 0.2) is 16.7 Å². The summed E-state index contributed by atoms with van der Waals surface area (Å²) >= 11 is 6.93. The second-order valence-electron chi connectivity index (χ2n) is 7.49. The van der Waals surface area contributed by atoms with Crippen molar-refractivity contribution in [1.29, 1.82) is 5.26 Å². The summed E-state index contributed by atoms with van der Waals surface area (Å²) in [6, 6.07) is 21.1. The van der Waals surface area contributed by atoms with Crippen molar-refractivity contribution in [2.45, 2.75) is 13.5 Å². The van der Waals surface area contributed by atoms with E-state index in [1.165, 1.54) is 0 Å². The van der Waals surface area contributed by atoms with Crippen LogP contribution in [0.25, 0.3) is 6.08 Å². The van der Waals surface area contributed by atoms with Gasteiger partial charge in [0.2, 0.25) is 0 Å². The number of hydrogen-bond donors (Lipinski definition) is 1. The highest BCUT2D eigenvalue weighted by Crippen LogP contribution is 2.32. The predicted octanol–water partition coefficient (Wildman–Crippen LogP) is 5.59. The van der Waals surface area contributed by atoms with Crippen molar-refractivity contribution in [3.05, 3.63) is 98.9 Å². The number of benzene rings is 3. The molecule has 0 spiro atoms. The average Bonchev–Trinajstić information content (AvgIpc) is 3.22. The van der Waals surface area contributed by atoms with Crippen molar-refractivity contribution in [3.8, 4) is 17.6 Å². The molecular weight excluding hydrogens is 498 g/mol. The molecule has 4 rings (SSSR count). The average molecular weight is 518 g/mol. The molecule has 3 aromatic rings. The number of thioether (sulfide) groups is 1. The number of halogens is 1. The fourth-order valence-corrected chi connectivity index (χ4v) is 4.24. The smallest absolute Gasteiger partial charge is 0.279 e. The maximum absolute atomic E-state index is 12.5. The van der Waals surface area contributed by atoms with Crippen molar-refractivity contribution in [2.24, 2.45) is 4.99 Å². The van der Waals surface area contributed by atoms with Crippen LogP contribution in [0.4, 0.5) is 0 Å². The molecule has 1 fully saturated rings. The number of ether oxygens (including phenoxy) is 2. The normalized spacial score (nSPS) is 15.0. The zero-order valence-corrected chi connectivity index (χ0v) is 20.7. The number of nitrogens with zero attached hydrogens (tertiary/aromatic N) is 2. The largest absolute Gasteiger partial charge is 0.490 e. The Morgan fingerprint density at radius 3 is 2.64 bits per heavy atom. The third-order valence-corrected chi connectivity index (χ3v) is 6.19. The van der Waals surface area contributed by atoms with Crippen LogP contribution in [-0.4, -0.2) is 23.6 Å². The first-order chi connectivity index (χ1) is 17.5. The van der Waals surface area contributed by atoms with Gasteiger partial charge in [-0.05, 0) is 72.8 Å². The molecule has 180 valence electrons. The molecule has 2 amide bonds. The summed E-state index contributed by atoms with van der Waals surface area (Å²) in [6.07, 6.45) is 1.69. The summed E-state index contributed by atoms with van der Waals surface area (Å²) in [6.45, 7) is 2.49. The first-order valence-corrected chi connectivity index (χ1v) is 12.1. The second-order valence-corrected chi connectivity index (χ2v) is 8.96. The number of aliphatic imine (C=N–C) groups is 1. The van der Waals surface area contributed by atoms with Gasteiger partial charge in [-0.1, -0.05) is 35.9 Å². The lowest BCUT2D eigenvalue weighted by Crippen LogP contribution is -2.20. The van der Waals surface area contributed by atoms with Crippen LogP contribution in [0, 0.1) is 11.3 Å². The van der Waals surface area contributed by atoms with E-state index >= 15 is 0 Å². The number of nitriles is 1. The number of hydrogen-bond acceptors (Lipinski definition) is 6. The Morgan fingerprint density at radius 2 is 1.89 bits per heavy atom. The van der Waals surface area contributed by atoms with E-state index in [1.54, 1.807) is 60.7 Å². The molecule has 0 aromatic heterocycles. The van der Waals surface area contributed by atoms with Gasteiger partial charge < -0.3 is 14.8 Å². The first-order valence-electron chi connectivity index (χ1n) is 10.9. The number of nitrogens with one attached hydrogen (secondary N) is 1. The fourth-order valence-electron chi connectivity index (χ4n) is 3.29. The third kappa shape index (κ3) is 6.13. The van der Waals surface area contributed by atoms with Crippen LogP contribution in [-0.2, 0) is 11.4 Å². The summed E-state index contributed by atoms with van der Waals surface area (Å²) in [4.78, 5) is 29.2. The van der Waals surface area contributed by atoms with Crippen molar-refractivity contribution in [3.63, 3.8) is 0 Å². The molecule has 0 atom stereocenters. The number of rotatable bonds is 7. The topological polar surface area (TPSA) is 101 Å². The molecule has 0 saturated carbocycles. The van der Waals surface area contributed by atoms with Gasteiger partial charge in [0.1, 0.15) is 6.61 Å². The zero-order chi connectivity index (χ0) is 25.5. The Balaban J connectivity index is 1.50. The Kier molecular flexibility index (Phi) is 8.06. The van der Waals surface area contributed by atoms with Gasteiger partial charge >= 0.3 is 0 Å². The minimum absolute atomic E-state index is 0.201. The van der Waals surface area contributed by atoms with Crippen LogP contribution in [0.5, 0.6) is 11.5 Å². The monoisotopic (exact) mass is 517 g/mol. The van der Waals surface area contributed by atoms with Gasteiger partial charge in [-0.15, -0.1) is 0 Å². The Morgan fingerprint density at radius 1 is 1.11 bits per heavy atom. The van der Waals surface area contributed by atoms with Crippen LogP contribution in [0.2, 0.25) is 5.02 Å². The van der Waals surface area contributed by atoms with Gasteiger partial charge in [-0.25, -0.2) is 0 Å². The molecule has 1 saturated heterocycles. The number of amidine groups is 1. The molecule has 0 radical (unpaired) electrons. The van der Waals surface area contributed by atoms with E-state index in [1.807, 2.05) is 19.1 Å². The van der Waals surface area contributed by atoms with Crippen LogP contribution < -0.4 is 14.8 Å². The fraction of sp³-hybridized carbons (Fsp3) is 0.111. The first kappa shape index (κ1) is 25.0. The van der Waals surface area contributed by atoms with E-state index in [2.05, 4.69) is 16.4 Å². The van der Waals surface area contributed by atoms with Gasteiger partial charge in [0, 0.05) is 16.1 Å². The van der Waals surface area contributed by atoms with Crippen LogP contribution in [0.3, 0.4) is 0 Å². The predicted molar refractivity (Wildman–Crippen MR) is 140 cm³/mol. The summed E-state index contributed by atoms with van der Waals surface area (Å²) in [7, 11) is 0. The molecule has 1 aliphatic heterocycles. The molecule has 0 aliphatic carbocycles. The standard InChI is InChI=1S/C27H20ClN3O4S/c1-2-34-23-13-17(7-12-22(23)35-16-20-6-4-3-5-19(20)15-29)14-24-26(33)31-27(36-24)30-25(32)18-8-10-21(28)11-9-18/h3-14H,2,16H2,1H3,(H,30,31,32,33)/b24-14-. The molecule has 0 bridgehead atoms. The molecule has 1 N–H and O–H groups in total. The van der Waals surface area contributed by atoms with E-state index in [4.69, 9.17) is 21.1 Å². The van der Waals surface area contributed by atoms with Crippen LogP contribution in [0.1, 0.15) is 34.0 Å². The molecule has 9 heteroatoms. The summed E-state index contributed by atoms with van der Waals surface area (Å²) in [5.41, 5.74) is 2.40. The molecule has 3 aromatic carbocycles. The van der Waals surface area contributed by atoms with E-state index < -0.39 is 5.91 Å². The van der Waals surface area contributed by atoms with Crippen LogP contribution in [0.15, 0.2) is 76.6 Å². The SMILES string of the molecule is CCOc1cc(/C=C2\SC(=NC(=O)c3ccc(Cl)cc3)NC2=O)ccc1OCc1ccccc1C#N. The molecule has 36 heavy (non-hydrogen) atoms. The zero-order valence-electron chi connectivity index (χ0n) is 19.2. The summed E-state index contributed by atoms with van der Waals surface area (Å²) in [5, 5.41) is 12.6. The summed E-state index contributed by atoms with van der Waals surface area (Å²) < 4.78 is 11.7. The highest BCUT2D eigenvalue weighted by atomic mass is 35.5. The number of carbonyl (C=O) groups is 2. The number of amides is 2. The van der Waals surface area contributed by atoms with Gasteiger partial charge in [0.05, 0.1) is 23.1 Å². The molecule has 1 heterocycles. The quantitative estimate of drug-likeness (QED) is 0.410. The van der Waals surface area contributed by atoms with Crippen molar-refractivity contribution in [2.75, 3.05) is 6.61 Å². The third-order valence-electron chi connectivity index (χ3n) is 5.03. The highest BCUT2D eigenvalue weighted by molar-refractivity contribution is 8.18. The Bertz CT molecular complexity index is 1410. The van der Waals surface area contributed by atoms with E-state index in [0.29, 0.717) is 44.7 Å². The minimum Gasteiger partial charge on any atom is -0.490 e. The number of carbonyl (C=O) groups excluding carboxylic acids is 2. The van der Waals surface area contributed by atoms with Gasteiger partial charge in [-0.2, -0.15) is 10.3 Å². The molecule has 7 nitrogen and oxygen atoms in total. The Labute approximate surface area is 217 Å². The van der Waals surface area contributed by atoms with E-state index in [-0.39, 0.29) is 17.7 Å². The minimum atomic E-state index is -0.478. The lowest BCUT2D eigenvalue weighted by Gasteiger charge is -2.13. The maximum Gasteiger partial charge on any atom is 0.279 e. The maximum atomic E-state index is 12.5. The molecule has 1 aliphatic rings. The summed E-state index contributed by atoms with van der Waals surface area (Å²) in [5.74, 6) is 0.199. The lowest BCUT2D eigenvalue weighted by molar-refractivity contribution is -0.115. The highest BCUT2D eigenvalue weighted by Gasteiger charge is 2.25. The van der Waals surface area contributed by atoms with Gasteiger partial charge in [-0.3, -0.25) is 9.59 Å². The van der Waals surface area contributed by atoms with E-state index in [9.17, 15) is 14.9 Å². The second kappa shape index (κ2) is 11.6. The van der Waals surface area contributed by atoms with Crippen molar-refractivity contribution >= 4 is 46.4 Å². The van der Waals surface area contributed by atoms with Crippen LogP contribution >= 0.6 is 23.4 Å². The van der Waals surface area contributed by atoms with E-state index in [0.717, 1.165) is 17.3 Å². The Hall–Kier alpha value is -4.06. The van der Waals surface area contributed by atoms with Crippen molar-refractivity contribution in [1.82, 2.24) is 5.32 Å². The van der Waals surface area contributed by atoms with Crippen molar-refractivity contribution < 1.29 is 19.1 Å². The van der Waals surface area contributed by atoms with Gasteiger partial charge in [0.25, 0.3) is 11.8 Å².